The molecule has 3 heteroatoms. The van der Waals surface area contributed by atoms with Gasteiger partial charge in [0.25, 0.3) is 0 Å². The zero-order valence-corrected chi connectivity index (χ0v) is 4.07. The summed E-state index contributed by atoms with van der Waals surface area (Å²) in [5.74, 6) is 0. The molecule has 0 unspecified atom stereocenters. The standard InChI is InChI=1S/C3H6N2.ClH/c1-2-4-5-3-1;/h1-2,4-5H,3H2;1H. The largest absolute Gasteiger partial charge is 1.00 e. The molecule has 0 atom stereocenters. The Labute approximate surface area is 43.0 Å². The van der Waals surface area contributed by atoms with Gasteiger partial charge in [0.15, 0.2) is 0 Å². The van der Waals surface area contributed by atoms with Gasteiger partial charge in [0.1, 0.15) is 6.54 Å². The second-order valence-electron chi connectivity index (χ2n) is 1.01. The molecule has 0 bridgehead atoms. The maximum atomic E-state index is 2.92. The summed E-state index contributed by atoms with van der Waals surface area (Å²) in [6, 6.07) is 0. The Morgan fingerprint density at radius 3 is 2.67 bits per heavy atom. The minimum atomic E-state index is 0. The number of hydrogen-bond acceptors (Lipinski definition) is 1. The Morgan fingerprint density at radius 1 is 1.67 bits per heavy atom. The van der Waals surface area contributed by atoms with Gasteiger partial charge in [-0.1, -0.05) is 0 Å². The predicted molar refractivity (Wildman–Crippen MR) is 19.1 cm³/mol. The molecule has 1 heterocycles. The number of rotatable bonds is 0. The van der Waals surface area contributed by atoms with Crippen LogP contribution in [0.25, 0.3) is 0 Å². The fourth-order valence-electron chi connectivity index (χ4n) is 0.340. The monoisotopic (exact) mass is 106 g/mol. The van der Waals surface area contributed by atoms with E-state index in [1.54, 1.807) is 0 Å². The number of nitrogens with one attached hydrogen (secondary N) is 1. The molecule has 0 spiro atoms. The zero-order chi connectivity index (χ0) is 3.54. The highest BCUT2D eigenvalue weighted by atomic mass is 35.5. The first-order valence-electron chi connectivity index (χ1n) is 1.73. The van der Waals surface area contributed by atoms with E-state index in [0.29, 0.717) is 0 Å². The second-order valence-corrected chi connectivity index (χ2v) is 1.01. The van der Waals surface area contributed by atoms with E-state index in [4.69, 9.17) is 0 Å². The van der Waals surface area contributed by atoms with E-state index in [1.807, 2.05) is 11.6 Å². The van der Waals surface area contributed by atoms with Gasteiger partial charge in [0.2, 0.25) is 0 Å². The third-order valence-electron chi connectivity index (χ3n) is 0.586. The highest BCUT2D eigenvalue weighted by Gasteiger charge is 1.83. The summed E-state index contributed by atoms with van der Waals surface area (Å²) in [4.78, 5) is 0. The van der Waals surface area contributed by atoms with Crippen LogP contribution in [0.1, 0.15) is 0 Å². The summed E-state index contributed by atoms with van der Waals surface area (Å²) in [5.41, 5.74) is 4.92. The number of nitrogens with two attached hydrogens (primary N) is 1. The van der Waals surface area contributed by atoms with Crippen molar-refractivity contribution in [2.24, 2.45) is 0 Å². The highest BCUT2D eigenvalue weighted by Crippen LogP contribution is 1.57. The summed E-state index contributed by atoms with van der Waals surface area (Å²) in [6.45, 7) is 1.08. The Balaban J connectivity index is 0.000000250. The van der Waals surface area contributed by atoms with Crippen molar-refractivity contribution in [3.05, 3.63) is 12.3 Å². The lowest BCUT2D eigenvalue weighted by Crippen LogP contribution is -3.00. The predicted octanol–water partition coefficient (Wildman–Crippen LogP) is -4.41. The molecule has 0 fully saturated rings. The van der Waals surface area contributed by atoms with E-state index < -0.39 is 0 Å². The Kier molecular flexibility index (Phi) is 2.89. The fourth-order valence-corrected chi connectivity index (χ4v) is 0.340. The lowest BCUT2D eigenvalue weighted by molar-refractivity contribution is -0.686. The number of halogens is 1. The van der Waals surface area contributed by atoms with Crippen LogP contribution in [-0.2, 0) is 0 Å². The van der Waals surface area contributed by atoms with Crippen LogP contribution in [0.5, 0.6) is 0 Å². The van der Waals surface area contributed by atoms with Crippen molar-refractivity contribution in [3.8, 4) is 0 Å². The van der Waals surface area contributed by atoms with Crippen molar-refractivity contribution in [2.45, 2.75) is 0 Å². The van der Waals surface area contributed by atoms with Crippen LogP contribution in [-0.4, -0.2) is 6.54 Å². The molecule has 6 heavy (non-hydrogen) atoms. The van der Waals surface area contributed by atoms with Crippen molar-refractivity contribution in [3.63, 3.8) is 0 Å². The zero-order valence-electron chi connectivity index (χ0n) is 3.32. The number of quaternary nitrogens is 1. The van der Waals surface area contributed by atoms with Crippen LogP contribution in [0.3, 0.4) is 0 Å². The van der Waals surface area contributed by atoms with E-state index in [9.17, 15) is 0 Å². The molecule has 0 saturated carbocycles. The first-order valence-corrected chi connectivity index (χ1v) is 1.73. The minimum absolute atomic E-state index is 0. The molecular weight excluding hydrogens is 99.5 g/mol. The lowest BCUT2D eigenvalue weighted by atomic mass is 10.7. The average molecular weight is 107 g/mol. The SMILES string of the molecule is C1=CN[NH2+]C1.[Cl-]. The van der Waals surface area contributed by atoms with Crippen LogP contribution >= 0.6 is 0 Å². The molecule has 0 saturated heterocycles. The maximum absolute atomic E-state index is 2.92. The van der Waals surface area contributed by atoms with E-state index in [-0.39, 0.29) is 12.4 Å². The van der Waals surface area contributed by atoms with Gasteiger partial charge in [0.05, 0.1) is 6.20 Å². The quantitative estimate of drug-likeness (QED) is 0.300. The van der Waals surface area contributed by atoms with Gasteiger partial charge >= 0.3 is 0 Å². The molecule has 1 rings (SSSR count). The molecule has 0 aromatic carbocycles. The first-order chi connectivity index (χ1) is 2.50. The Morgan fingerprint density at radius 2 is 2.50 bits per heavy atom. The molecule has 0 amide bonds. The molecule has 1 aliphatic heterocycles. The van der Waals surface area contributed by atoms with E-state index in [0.717, 1.165) is 6.54 Å². The van der Waals surface area contributed by atoms with Gasteiger partial charge < -0.3 is 12.4 Å². The van der Waals surface area contributed by atoms with Gasteiger partial charge in [-0.15, -0.1) is 0 Å². The molecule has 2 nitrogen and oxygen atoms in total. The van der Waals surface area contributed by atoms with Crippen LogP contribution in [0.2, 0.25) is 0 Å². The summed E-state index contributed by atoms with van der Waals surface area (Å²) >= 11 is 0. The van der Waals surface area contributed by atoms with Crippen molar-refractivity contribution < 1.29 is 17.8 Å². The van der Waals surface area contributed by atoms with Gasteiger partial charge in [-0.3, -0.25) is 0 Å². The van der Waals surface area contributed by atoms with Crippen LogP contribution in [0.4, 0.5) is 0 Å². The topological polar surface area (TPSA) is 28.6 Å². The average Bonchev–Trinajstić information content (AvgIpc) is 1.76. The van der Waals surface area contributed by atoms with Gasteiger partial charge in [-0.05, 0) is 6.08 Å². The highest BCUT2D eigenvalue weighted by molar-refractivity contribution is 4.77. The van der Waals surface area contributed by atoms with Crippen molar-refractivity contribution >= 4 is 0 Å². The molecule has 0 aliphatic carbocycles. The van der Waals surface area contributed by atoms with Crippen molar-refractivity contribution in [1.29, 1.82) is 0 Å². The van der Waals surface area contributed by atoms with Gasteiger partial charge in [-0.25, -0.2) is 10.9 Å². The summed E-state index contributed by atoms with van der Waals surface area (Å²) in [5, 5.41) is 0. The summed E-state index contributed by atoms with van der Waals surface area (Å²) in [7, 11) is 0. The van der Waals surface area contributed by atoms with Gasteiger partial charge in [0, 0.05) is 0 Å². The van der Waals surface area contributed by atoms with E-state index >= 15 is 0 Å². The first kappa shape index (κ1) is 5.79. The third kappa shape index (κ3) is 1.29. The molecular formula is C3H7ClN2. The van der Waals surface area contributed by atoms with Gasteiger partial charge in [-0.2, -0.15) is 0 Å². The van der Waals surface area contributed by atoms with Crippen LogP contribution < -0.4 is 23.3 Å². The number of hydrogen-bond donors (Lipinski definition) is 2. The van der Waals surface area contributed by atoms with Crippen molar-refractivity contribution in [1.82, 2.24) is 5.43 Å². The smallest absolute Gasteiger partial charge is 0.118 e. The molecule has 0 radical (unpaired) electrons. The molecule has 0 aromatic heterocycles. The molecule has 3 N–H and O–H groups in total. The summed E-state index contributed by atoms with van der Waals surface area (Å²) in [6.07, 6.45) is 4.00. The Hall–Kier alpha value is -0.210. The second kappa shape index (κ2) is 3.00. The van der Waals surface area contributed by atoms with E-state index in [1.165, 1.54) is 0 Å². The van der Waals surface area contributed by atoms with E-state index in [2.05, 4.69) is 11.5 Å². The maximum Gasteiger partial charge on any atom is 0.118 e. The Bertz CT molecular complexity index is 46.8. The molecule has 1 aliphatic rings. The molecule has 36 valence electrons. The lowest BCUT2D eigenvalue weighted by Gasteiger charge is -1.79. The third-order valence-corrected chi connectivity index (χ3v) is 0.586. The normalized spacial score (nSPS) is 16.0. The fraction of sp³-hybridized carbons (Fsp3) is 0.333. The van der Waals surface area contributed by atoms with Crippen LogP contribution in [0, 0.1) is 0 Å². The molecule has 0 aromatic rings. The summed E-state index contributed by atoms with van der Waals surface area (Å²) < 4.78 is 0. The van der Waals surface area contributed by atoms with Crippen LogP contribution in [0.15, 0.2) is 12.3 Å². The minimum Gasteiger partial charge on any atom is -1.00 e. The van der Waals surface area contributed by atoms with Crippen molar-refractivity contribution in [2.75, 3.05) is 6.54 Å².